The second kappa shape index (κ2) is 6.58. The lowest BCUT2D eigenvalue weighted by molar-refractivity contribution is 0.697. The topological polar surface area (TPSA) is 0 Å². The summed E-state index contributed by atoms with van der Waals surface area (Å²) in [6.45, 7) is 6.90. The van der Waals surface area contributed by atoms with Crippen molar-refractivity contribution in [3.8, 4) is 0 Å². The molecule has 0 aromatic heterocycles. The molecule has 1 atom stereocenters. The minimum Gasteiger partial charge on any atom is -0.0734 e. The number of rotatable bonds is 3. The Labute approximate surface area is 136 Å². The molecule has 1 aliphatic carbocycles. The minimum atomic E-state index is -0.00147. The van der Waals surface area contributed by atoms with Crippen LogP contribution in [0.15, 0.2) is 92.6 Å². The molecule has 0 bridgehead atoms. The van der Waals surface area contributed by atoms with Crippen molar-refractivity contribution in [1.29, 1.82) is 0 Å². The van der Waals surface area contributed by atoms with Crippen LogP contribution < -0.4 is 0 Å². The zero-order valence-electron chi connectivity index (χ0n) is 13.5. The van der Waals surface area contributed by atoms with E-state index in [9.17, 15) is 0 Å². The van der Waals surface area contributed by atoms with Crippen molar-refractivity contribution >= 4 is 10.9 Å². The Bertz CT molecular complexity index is 656. The van der Waals surface area contributed by atoms with Gasteiger partial charge in [-0.05, 0) is 56.0 Å². The fourth-order valence-corrected chi connectivity index (χ4v) is 5.72. The summed E-state index contributed by atoms with van der Waals surface area (Å²) in [5.41, 5.74) is 3.00. The molecular weight excluding hydrogens is 284 g/mol. The van der Waals surface area contributed by atoms with Crippen LogP contribution in [0.25, 0.3) is 0 Å². The summed E-state index contributed by atoms with van der Waals surface area (Å²) in [7, 11) is -0.00147. The smallest absolute Gasteiger partial charge is 0.0734 e. The summed E-state index contributed by atoms with van der Waals surface area (Å²) in [4.78, 5) is 4.35. The number of hydrogen-bond acceptors (Lipinski definition) is 0. The summed E-state index contributed by atoms with van der Waals surface area (Å²) in [5, 5.41) is 0. The van der Waals surface area contributed by atoms with E-state index in [-0.39, 0.29) is 10.9 Å². The van der Waals surface area contributed by atoms with Gasteiger partial charge in [0.15, 0.2) is 14.7 Å². The standard InChI is InChI=1S/C21H23S/c1-16-14-17(2)21(18(3)15-16)22(19-10-6-4-7-11-19)20-12-8-5-9-13-20/h4-14,16H,15H2,1-3H3/q+1. The second-order valence-corrected chi connectivity index (χ2v) is 8.04. The van der Waals surface area contributed by atoms with Crippen LogP contribution in [0.2, 0.25) is 0 Å². The number of allylic oxidation sites excluding steroid dienone is 3. The molecule has 0 nitrogen and oxygen atoms in total. The third-order valence-corrected chi connectivity index (χ3v) is 6.64. The van der Waals surface area contributed by atoms with Crippen LogP contribution in [-0.2, 0) is 10.9 Å². The fourth-order valence-electron chi connectivity index (χ4n) is 3.29. The lowest BCUT2D eigenvalue weighted by Crippen LogP contribution is -2.14. The highest BCUT2D eigenvalue weighted by atomic mass is 32.2. The first kappa shape index (κ1) is 15.2. The molecule has 0 N–H and O–H groups in total. The average Bonchev–Trinajstić information content (AvgIpc) is 2.52. The summed E-state index contributed by atoms with van der Waals surface area (Å²) in [6.07, 6.45) is 3.62. The van der Waals surface area contributed by atoms with E-state index in [0.717, 1.165) is 0 Å². The predicted molar refractivity (Wildman–Crippen MR) is 97.0 cm³/mol. The van der Waals surface area contributed by atoms with Crippen LogP contribution in [0.4, 0.5) is 0 Å². The van der Waals surface area contributed by atoms with Gasteiger partial charge in [0, 0.05) is 5.57 Å². The lowest BCUT2D eigenvalue weighted by Gasteiger charge is -2.21. The fraction of sp³-hybridized carbons (Fsp3) is 0.238. The highest BCUT2D eigenvalue weighted by molar-refractivity contribution is 8.01. The third-order valence-electron chi connectivity index (χ3n) is 4.07. The van der Waals surface area contributed by atoms with Gasteiger partial charge >= 0.3 is 0 Å². The first-order chi connectivity index (χ1) is 10.7. The van der Waals surface area contributed by atoms with E-state index in [4.69, 9.17) is 0 Å². The van der Waals surface area contributed by atoms with Crippen LogP contribution >= 0.6 is 0 Å². The van der Waals surface area contributed by atoms with Crippen LogP contribution in [-0.4, -0.2) is 0 Å². The molecule has 1 aliphatic rings. The molecule has 0 saturated heterocycles. The van der Waals surface area contributed by atoms with Crippen molar-refractivity contribution < 1.29 is 0 Å². The Morgan fingerprint density at radius 1 is 0.818 bits per heavy atom. The molecular formula is C21H23S+. The van der Waals surface area contributed by atoms with E-state index in [1.807, 2.05) is 0 Å². The van der Waals surface area contributed by atoms with Gasteiger partial charge in [-0.2, -0.15) is 0 Å². The molecule has 1 unspecified atom stereocenters. The lowest BCUT2D eigenvalue weighted by atomic mass is 9.93. The maximum absolute atomic E-state index is 2.44. The third kappa shape index (κ3) is 3.05. The van der Waals surface area contributed by atoms with E-state index in [1.165, 1.54) is 26.7 Å². The van der Waals surface area contributed by atoms with Crippen LogP contribution in [0.5, 0.6) is 0 Å². The Morgan fingerprint density at radius 3 is 1.77 bits per heavy atom. The minimum absolute atomic E-state index is 0.00147. The van der Waals surface area contributed by atoms with Gasteiger partial charge in [-0.15, -0.1) is 0 Å². The van der Waals surface area contributed by atoms with Gasteiger partial charge in [-0.25, -0.2) is 0 Å². The first-order valence-electron chi connectivity index (χ1n) is 7.89. The quantitative estimate of drug-likeness (QED) is 0.612. The first-order valence-corrected chi connectivity index (χ1v) is 9.12. The van der Waals surface area contributed by atoms with Gasteiger partial charge in [-0.1, -0.05) is 49.4 Å². The Kier molecular flexibility index (Phi) is 4.54. The number of hydrogen-bond donors (Lipinski definition) is 0. The van der Waals surface area contributed by atoms with E-state index in [0.29, 0.717) is 5.92 Å². The molecule has 3 rings (SSSR count). The Balaban J connectivity index is 2.15. The highest BCUT2D eigenvalue weighted by Crippen LogP contribution is 2.40. The number of benzene rings is 2. The van der Waals surface area contributed by atoms with E-state index < -0.39 is 0 Å². The van der Waals surface area contributed by atoms with Crippen LogP contribution in [0.1, 0.15) is 27.2 Å². The predicted octanol–water partition coefficient (Wildman–Crippen LogP) is 5.98. The Morgan fingerprint density at radius 2 is 1.32 bits per heavy atom. The van der Waals surface area contributed by atoms with E-state index >= 15 is 0 Å². The summed E-state index contributed by atoms with van der Waals surface area (Å²) in [5.74, 6) is 0.653. The monoisotopic (exact) mass is 307 g/mol. The molecule has 0 heterocycles. The second-order valence-electron chi connectivity index (χ2n) is 6.07. The van der Waals surface area contributed by atoms with Gasteiger partial charge in [-0.3, -0.25) is 0 Å². The van der Waals surface area contributed by atoms with Crippen molar-refractivity contribution in [2.24, 2.45) is 5.92 Å². The van der Waals surface area contributed by atoms with Crippen LogP contribution in [0, 0.1) is 5.92 Å². The van der Waals surface area contributed by atoms with Crippen molar-refractivity contribution in [2.45, 2.75) is 37.0 Å². The van der Waals surface area contributed by atoms with Crippen molar-refractivity contribution in [3.05, 3.63) is 82.8 Å². The highest BCUT2D eigenvalue weighted by Gasteiger charge is 2.35. The van der Waals surface area contributed by atoms with E-state index in [1.54, 1.807) is 5.57 Å². The molecule has 2 aromatic rings. The average molecular weight is 307 g/mol. The summed E-state index contributed by atoms with van der Waals surface area (Å²) < 4.78 is 0. The largest absolute Gasteiger partial charge is 0.168 e. The Hall–Kier alpha value is -1.73. The van der Waals surface area contributed by atoms with Gasteiger partial charge in [0.25, 0.3) is 0 Å². The maximum Gasteiger partial charge on any atom is 0.168 e. The molecule has 0 amide bonds. The van der Waals surface area contributed by atoms with Gasteiger partial charge in [0.1, 0.15) is 0 Å². The molecule has 0 spiro atoms. The van der Waals surface area contributed by atoms with E-state index in [2.05, 4.69) is 87.5 Å². The molecule has 22 heavy (non-hydrogen) atoms. The van der Waals surface area contributed by atoms with Crippen molar-refractivity contribution in [3.63, 3.8) is 0 Å². The molecule has 0 radical (unpaired) electrons. The molecule has 1 heteroatoms. The van der Waals surface area contributed by atoms with Gasteiger partial charge < -0.3 is 0 Å². The molecule has 0 aliphatic heterocycles. The van der Waals surface area contributed by atoms with Crippen LogP contribution in [0.3, 0.4) is 0 Å². The zero-order valence-corrected chi connectivity index (χ0v) is 14.4. The molecule has 112 valence electrons. The zero-order chi connectivity index (χ0) is 15.5. The molecule has 0 saturated carbocycles. The summed E-state index contributed by atoms with van der Waals surface area (Å²) in [6, 6.07) is 21.9. The summed E-state index contributed by atoms with van der Waals surface area (Å²) >= 11 is 0. The van der Waals surface area contributed by atoms with Gasteiger partial charge in [0.05, 0.1) is 10.9 Å². The SMILES string of the molecule is CC1=CC(C)CC(C)=C1[S+](c1ccccc1)c1ccccc1. The normalized spacial score (nSPS) is 18.5. The molecule has 2 aromatic carbocycles. The maximum atomic E-state index is 2.44. The molecule has 0 fully saturated rings. The van der Waals surface area contributed by atoms with Gasteiger partial charge in [0.2, 0.25) is 0 Å². The van der Waals surface area contributed by atoms with Crippen molar-refractivity contribution in [1.82, 2.24) is 0 Å². The van der Waals surface area contributed by atoms with Crippen molar-refractivity contribution in [2.75, 3.05) is 0 Å².